The second-order valence-electron chi connectivity index (χ2n) is 7.73. The minimum absolute atomic E-state index is 0.221. The molecule has 182 valence electrons. The van der Waals surface area contributed by atoms with Gasteiger partial charge in [-0.05, 0) is 60.5 Å². The van der Waals surface area contributed by atoms with Gasteiger partial charge < -0.3 is 10.1 Å². The van der Waals surface area contributed by atoms with Crippen LogP contribution in [0, 0.1) is 6.92 Å². The van der Waals surface area contributed by atoms with E-state index in [0.717, 1.165) is 4.90 Å². The van der Waals surface area contributed by atoms with Crippen molar-refractivity contribution in [2.45, 2.75) is 6.92 Å². The average molecular weight is 524 g/mol. The van der Waals surface area contributed by atoms with Gasteiger partial charge in [-0.15, -0.1) is 0 Å². The van der Waals surface area contributed by atoms with E-state index in [1.807, 2.05) is 0 Å². The van der Waals surface area contributed by atoms with E-state index in [4.69, 9.17) is 27.9 Å². The van der Waals surface area contributed by atoms with Crippen molar-refractivity contribution in [3.8, 4) is 5.75 Å². The molecule has 1 heterocycles. The molecule has 4 rings (SSSR count). The molecule has 0 spiro atoms. The quantitative estimate of drug-likeness (QED) is 0.350. The number of carbonyl (C=O) groups excluding carboxylic acids is 4. The van der Waals surface area contributed by atoms with E-state index < -0.39 is 17.8 Å². The van der Waals surface area contributed by atoms with Crippen molar-refractivity contribution in [1.82, 2.24) is 5.32 Å². The molecule has 1 saturated heterocycles. The van der Waals surface area contributed by atoms with Gasteiger partial charge in [0.1, 0.15) is 11.3 Å². The van der Waals surface area contributed by atoms with Crippen molar-refractivity contribution in [2.75, 3.05) is 16.8 Å². The molecule has 0 aromatic heterocycles. The molecule has 3 aromatic carbocycles. The van der Waals surface area contributed by atoms with Crippen LogP contribution < -0.4 is 20.3 Å². The molecule has 1 aliphatic rings. The third-order valence-corrected chi connectivity index (χ3v) is 6.03. The maximum absolute atomic E-state index is 13.1. The minimum Gasteiger partial charge on any atom is -0.484 e. The molecule has 1 fully saturated rings. The van der Waals surface area contributed by atoms with E-state index in [2.05, 4.69) is 10.6 Å². The van der Waals surface area contributed by atoms with E-state index in [-0.39, 0.29) is 23.8 Å². The number of nitrogens with zero attached hydrogens (tertiary/aromatic N) is 1. The van der Waals surface area contributed by atoms with Crippen LogP contribution in [-0.2, 0) is 14.4 Å². The number of para-hydroxylation sites is 1. The summed E-state index contributed by atoms with van der Waals surface area (Å²) in [7, 11) is 0. The van der Waals surface area contributed by atoms with Crippen molar-refractivity contribution in [3.63, 3.8) is 0 Å². The zero-order chi connectivity index (χ0) is 25.8. The van der Waals surface area contributed by atoms with Gasteiger partial charge in [0.2, 0.25) is 0 Å². The van der Waals surface area contributed by atoms with Crippen LogP contribution in [0.4, 0.5) is 16.2 Å². The number of halogens is 2. The molecule has 5 amide bonds. The lowest BCUT2D eigenvalue weighted by Gasteiger charge is -2.27. The van der Waals surface area contributed by atoms with Gasteiger partial charge in [0.05, 0.1) is 16.4 Å². The third kappa shape index (κ3) is 5.40. The molecule has 10 heteroatoms. The molecule has 0 radical (unpaired) electrons. The lowest BCUT2D eigenvalue weighted by molar-refractivity contribution is -0.122. The fraction of sp³-hybridized carbons (Fsp3) is 0.0769. The van der Waals surface area contributed by atoms with E-state index in [1.54, 1.807) is 73.7 Å². The van der Waals surface area contributed by atoms with Crippen molar-refractivity contribution in [1.29, 1.82) is 0 Å². The number of hydrogen-bond donors (Lipinski definition) is 2. The van der Waals surface area contributed by atoms with Crippen LogP contribution in [0.1, 0.15) is 11.1 Å². The summed E-state index contributed by atoms with van der Waals surface area (Å²) >= 11 is 12.2. The number of amides is 5. The largest absolute Gasteiger partial charge is 0.484 e. The Morgan fingerprint density at radius 1 is 0.972 bits per heavy atom. The Morgan fingerprint density at radius 2 is 1.67 bits per heavy atom. The maximum Gasteiger partial charge on any atom is 0.335 e. The fourth-order valence-electron chi connectivity index (χ4n) is 3.44. The van der Waals surface area contributed by atoms with Gasteiger partial charge >= 0.3 is 6.03 Å². The van der Waals surface area contributed by atoms with Crippen LogP contribution in [-0.4, -0.2) is 30.4 Å². The predicted molar refractivity (Wildman–Crippen MR) is 137 cm³/mol. The number of benzene rings is 3. The first-order chi connectivity index (χ1) is 17.2. The summed E-state index contributed by atoms with van der Waals surface area (Å²) in [6, 6.07) is 17.2. The van der Waals surface area contributed by atoms with Gasteiger partial charge in [0, 0.05) is 5.02 Å². The number of nitrogens with one attached hydrogen (secondary N) is 2. The van der Waals surface area contributed by atoms with Gasteiger partial charge in [-0.1, -0.05) is 53.5 Å². The molecule has 8 nitrogen and oxygen atoms in total. The summed E-state index contributed by atoms with van der Waals surface area (Å²) in [6.07, 6.45) is 1.37. The topological polar surface area (TPSA) is 105 Å². The standard InChI is InChI=1S/C26H19Cl2N3O5/c1-15-19(27)6-4-8-22(15)31-25(34)18(24(33)30-26(31)35)13-16-9-11-17(12-10-16)36-14-23(32)29-21-7-3-2-5-20(21)28/h2-13H,14H2,1H3,(H,29,32)(H,30,33,35)/b18-13-. The number of ether oxygens (including phenoxy) is 1. The molecule has 0 aliphatic carbocycles. The average Bonchev–Trinajstić information content (AvgIpc) is 2.85. The second kappa shape index (κ2) is 10.6. The first kappa shape index (κ1) is 25.0. The number of imide groups is 2. The number of urea groups is 1. The van der Waals surface area contributed by atoms with Crippen LogP contribution in [0.2, 0.25) is 10.0 Å². The van der Waals surface area contributed by atoms with Crippen molar-refractivity contribution in [2.24, 2.45) is 0 Å². The summed E-state index contributed by atoms with van der Waals surface area (Å²) in [5.41, 5.74) is 1.57. The molecular weight excluding hydrogens is 505 g/mol. The second-order valence-corrected chi connectivity index (χ2v) is 8.54. The van der Waals surface area contributed by atoms with E-state index in [9.17, 15) is 19.2 Å². The van der Waals surface area contributed by atoms with Gasteiger partial charge in [0.15, 0.2) is 6.61 Å². The number of carbonyl (C=O) groups is 4. The Labute approximate surface area is 216 Å². The molecule has 3 aromatic rings. The van der Waals surface area contributed by atoms with Crippen LogP contribution in [0.15, 0.2) is 72.3 Å². The summed E-state index contributed by atoms with van der Waals surface area (Å²) in [6.45, 7) is 1.42. The normalized spacial score (nSPS) is 14.6. The summed E-state index contributed by atoms with van der Waals surface area (Å²) in [5.74, 6) is -1.57. The first-order valence-electron chi connectivity index (χ1n) is 10.7. The Kier molecular flexibility index (Phi) is 7.38. The van der Waals surface area contributed by atoms with E-state index in [1.165, 1.54) is 6.08 Å². The van der Waals surface area contributed by atoms with E-state index >= 15 is 0 Å². The third-order valence-electron chi connectivity index (χ3n) is 5.29. The first-order valence-corrected chi connectivity index (χ1v) is 11.4. The summed E-state index contributed by atoms with van der Waals surface area (Å²) in [5, 5.41) is 5.63. The molecule has 1 aliphatic heterocycles. The Morgan fingerprint density at radius 3 is 2.39 bits per heavy atom. The summed E-state index contributed by atoms with van der Waals surface area (Å²) in [4.78, 5) is 50.9. The molecule has 0 unspecified atom stereocenters. The zero-order valence-electron chi connectivity index (χ0n) is 18.9. The minimum atomic E-state index is -0.855. The lowest BCUT2D eigenvalue weighted by Crippen LogP contribution is -2.54. The highest BCUT2D eigenvalue weighted by Gasteiger charge is 2.37. The van der Waals surface area contributed by atoms with Crippen molar-refractivity contribution in [3.05, 3.63) is 93.5 Å². The number of hydrogen-bond acceptors (Lipinski definition) is 5. The molecule has 0 bridgehead atoms. The Balaban J connectivity index is 1.46. The monoisotopic (exact) mass is 523 g/mol. The number of anilines is 2. The van der Waals surface area contributed by atoms with Crippen molar-refractivity contribution >= 4 is 64.4 Å². The highest BCUT2D eigenvalue weighted by Crippen LogP contribution is 2.29. The molecule has 2 N–H and O–H groups in total. The highest BCUT2D eigenvalue weighted by atomic mass is 35.5. The predicted octanol–water partition coefficient (Wildman–Crippen LogP) is 4.99. The molecule has 0 saturated carbocycles. The number of rotatable bonds is 6. The smallest absolute Gasteiger partial charge is 0.335 e. The lowest BCUT2D eigenvalue weighted by atomic mass is 10.1. The molecular formula is C26H19Cl2N3O5. The summed E-state index contributed by atoms with van der Waals surface area (Å²) < 4.78 is 5.49. The highest BCUT2D eigenvalue weighted by molar-refractivity contribution is 6.40. The van der Waals surface area contributed by atoms with Crippen LogP contribution >= 0.6 is 23.2 Å². The molecule has 0 atom stereocenters. The maximum atomic E-state index is 13.1. The fourth-order valence-corrected chi connectivity index (χ4v) is 3.79. The Hall–Kier alpha value is -4.14. The SMILES string of the molecule is Cc1c(Cl)cccc1N1C(=O)NC(=O)/C(=C/c2ccc(OCC(=O)Nc3ccccc3Cl)cc2)C1=O. The van der Waals surface area contributed by atoms with Gasteiger partial charge in [0.25, 0.3) is 17.7 Å². The van der Waals surface area contributed by atoms with Crippen molar-refractivity contribution < 1.29 is 23.9 Å². The number of barbiturate groups is 1. The van der Waals surface area contributed by atoms with Crippen LogP contribution in [0.3, 0.4) is 0 Å². The van der Waals surface area contributed by atoms with Crippen LogP contribution in [0.25, 0.3) is 6.08 Å². The van der Waals surface area contributed by atoms with Crippen LogP contribution in [0.5, 0.6) is 5.75 Å². The Bertz CT molecular complexity index is 1400. The van der Waals surface area contributed by atoms with Gasteiger partial charge in [-0.2, -0.15) is 0 Å². The van der Waals surface area contributed by atoms with Gasteiger partial charge in [-0.3, -0.25) is 19.7 Å². The van der Waals surface area contributed by atoms with E-state index in [0.29, 0.717) is 32.6 Å². The molecule has 36 heavy (non-hydrogen) atoms. The zero-order valence-corrected chi connectivity index (χ0v) is 20.4. The van der Waals surface area contributed by atoms with Gasteiger partial charge in [-0.25, -0.2) is 9.69 Å².